The molecule has 0 amide bonds. The smallest absolute Gasteiger partial charge is 0.186 e. The normalized spacial score (nSPS) is 61.9. The summed E-state index contributed by atoms with van der Waals surface area (Å²) < 4.78 is 18.4. The van der Waals surface area contributed by atoms with Crippen LogP contribution in [0.4, 0.5) is 0 Å². The second kappa shape index (κ2) is 6.25. The molecule has 7 rings (SSSR count). The maximum absolute atomic E-state index is 13.3. The van der Waals surface area contributed by atoms with Crippen LogP contribution in [0.25, 0.3) is 0 Å². The van der Waals surface area contributed by atoms with Gasteiger partial charge >= 0.3 is 0 Å². The zero-order valence-corrected chi connectivity index (χ0v) is 20.9. The first-order chi connectivity index (χ1) is 15.9. The van der Waals surface area contributed by atoms with Crippen LogP contribution in [0.15, 0.2) is 23.8 Å². The lowest BCUT2D eigenvalue weighted by molar-refractivity contribution is -0.192. The van der Waals surface area contributed by atoms with Gasteiger partial charge in [0.25, 0.3) is 0 Å². The molecule has 3 aliphatic heterocycles. The van der Waals surface area contributed by atoms with Gasteiger partial charge in [-0.15, -0.1) is 0 Å². The van der Waals surface area contributed by atoms with Crippen molar-refractivity contribution in [3.63, 3.8) is 0 Å². The summed E-state index contributed by atoms with van der Waals surface area (Å²) in [5.41, 5.74) is -0.699. The fraction of sp³-hybridized carbons (Fsp3) is 0.821. The molecule has 2 saturated carbocycles. The van der Waals surface area contributed by atoms with E-state index in [1.54, 1.807) is 6.08 Å². The lowest BCUT2D eigenvalue weighted by Gasteiger charge is -2.57. The largest absolute Gasteiger partial charge is 0.389 e. The summed E-state index contributed by atoms with van der Waals surface area (Å²) in [4.78, 5) is 13.3. The Morgan fingerprint density at radius 3 is 2.68 bits per heavy atom. The molecule has 0 aromatic rings. The van der Waals surface area contributed by atoms with Gasteiger partial charge in [0.05, 0.1) is 23.7 Å². The molecule has 1 unspecified atom stereocenters. The Morgan fingerprint density at radius 2 is 1.94 bits per heavy atom. The second-order valence-corrected chi connectivity index (χ2v) is 13.2. The Labute approximate surface area is 201 Å². The minimum atomic E-state index is -0.936. The molecule has 6 heteroatoms. The maximum atomic E-state index is 13.3. The number of epoxide rings is 2. The van der Waals surface area contributed by atoms with Crippen LogP contribution in [0, 0.1) is 34.5 Å². The third-order valence-corrected chi connectivity index (χ3v) is 12.1. The van der Waals surface area contributed by atoms with Crippen molar-refractivity contribution in [1.82, 2.24) is 0 Å². The van der Waals surface area contributed by atoms with Gasteiger partial charge < -0.3 is 24.4 Å². The number of rotatable bonds is 2. The summed E-state index contributed by atoms with van der Waals surface area (Å²) in [5.74, 6) is 0.830. The number of hydrogen-bond acceptors (Lipinski definition) is 6. The summed E-state index contributed by atoms with van der Waals surface area (Å²) in [7, 11) is 0. The number of hydrogen-bond donors (Lipinski definition) is 2. The molecule has 3 saturated heterocycles. The molecule has 6 nitrogen and oxygen atoms in total. The maximum Gasteiger partial charge on any atom is 0.186 e. The van der Waals surface area contributed by atoms with E-state index in [-0.39, 0.29) is 58.3 Å². The van der Waals surface area contributed by atoms with E-state index in [1.165, 1.54) is 5.57 Å². The molecule has 0 radical (unpaired) electrons. The predicted molar refractivity (Wildman–Crippen MR) is 124 cm³/mol. The molecule has 4 aliphatic carbocycles. The van der Waals surface area contributed by atoms with Gasteiger partial charge in [-0.2, -0.15) is 0 Å². The number of carbonyl (C=O) groups is 1. The molecule has 186 valence electrons. The minimum Gasteiger partial charge on any atom is -0.389 e. The zero-order chi connectivity index (χ0) is 24.1. The van der Waals surface area contributed by atoms with Gasteiger partial charge in [-0.05, 0) is 69.8 Å². The van der Waals surface area contributed by atoms with E-state index in [2.05, 4.69) is 33.8 Å². The lowest BCUT2D eigenvalue weighted by atomic mass is 9.44. The number of ether oxygens (including phenoxy) is 3. The standard InChI is InChI=1S/C28H38O6/c1-14(19-13-25(3)27(5,34-25)23(31)32-19)17-12-18(29)22-15-11-21-28(33-21)9-6-7-20(30)26(28,4)16(15)8-10-24(17,22)2/h6-7,12,14-16,18-19,21-23,29,31H,8-11,13H2,1-5H3/t14-,15+,16-,18+,19?,21-,22+,23+,24+,25-,26-,27+,28-/m0/s1. The number of aliphatic hydroxyl groups is 2. The van der Waals surface area contributed by atoms with Crippen LogP contribution in [0.1, 0.15) is 66.7 Å². The topological polar surface area (TPSA) is 91.8 Å². The summed E-state index contributed by atoms with van der Waals surface area (Å²) in [5, 5.41) is 22.1. The Hall–Kier alpha value is -1.05. The summed E-state index contributed by atoms with van der Waals surface area (Å²) in [6, 6.07) is 0. The predicted octanol–water partition coefficient (Wildman–Crippen LogP) is 3.30. The Bertz CT molecular complexity index is 1040. The third-order valence-electron chi connectivity index (χ3n) is 12.1. The van der Waals surface area contributed by atoms with Crippen molar-refractivity contribution in [3.05, 3.63) is 23.8 Å². The van der Waals surface area contributed by atoms with Crippen molar-refractivity contribution in [3.8, 4) is 0 Å². The molecule has 34 heavy (non-hydrogen) atoms. The van der Waals surface area contributed by atoms with Gasteiger partial charge in [0.1, 0.15) is 16.8 Å². The molecule has 0 bridgehead atoms. The van der Waals surface area contributed by atoms with Crippen molar-refractivity contribution in [2.24, 2.45) is 34.5 Å². The highest BCUT2D eigenvalue weighted by atomic mass is 16.7. The van der Waals surface area contributed by atoms with E-state index in [0.717, 1.165) is 32.1 Å². The monoisotopic (exact) mass is 470 g/mol. The van der Waals surface area contributed by atoms with Gasteiger partial charge in [-0.1, -0.05) is 31.6 Å². The van der Waals surface area contributed by atoms with Gasteiger partial charge in [0.2, 0.25) is 0 Å². The van der Waals surface area contributed by atoms with Crippen LogP contribution >= 0.6 is 0 Å². The second-order valence-electron chi connectivity index (χ2n) is 13.2. The van der Waals surface area contributed by atoms with Crippen molar-refractivity contribution in [2.45, 2.75) is 108 Å². The van der Waals surface area contributed by atoms with Crippen molar-refractivity contribution in [2.75, 3.05) is 0 Å². The van der Waals surface area contributed by atoms with Crippen molar-refractivity contribution in [1.29, 1.82) is 0 Å². The highest BCUT2D eigenvalue weighted by molar-refractivity contribution is 5.97. The van der Waals surface area contributed by atoms with Gasteiger partial charge in [-0.25, -0.2) is 0 Å². The van der Waals surface area contributed by atoms with Crippen molar-refractivity contribution >= 4 is 5.78 Å². The lowest BCUT2D eigenvalue weighted by Crippen LogP contribution is -2.60. The van der Waals surface area contributed by atoms with Crippen LogP contribution in [-0.4, -0.2) is 57.4 Å². The average molecular weight is 471 g/mol. The molecular weight excluding hydrogens is 432 g/mol. The van der Waals surface area contributed by atoms with Gasteiger partial charge in [0.15, 0.2) is 12.1 Å². The number of allylic oxidation sites excluding steroid dienone is 1. The first-order valence-electron chi connectivity index (χ1n) is 13.2. The van der Waals surface area contributed by atoms with Crippen LogP contribution < -0.4 is 0 Å². The van der Waals surface area contributed by atoms with E-state index in [1.807, 2.05) is 13.0 Å². The first kappa shape index (κ1) is 22.2. The third kappa shape index (κ3) is 2.30. The van der Waals surface area contributed by atoms with E-state index in [9.17, 15) is 15.0 Å². The molecule has 0 aromatic heterocycles. The Balaban J connectivity index is 1.19. The SMILES string of the molecule is C[C@@H](C1=C[C@@H](O)[C@H]2[C@@H]3C[C@@H]4O[C@@]45CC=CC(=O)[C@]5(C)[C@H]3CC[C@]12C)C1C[C@]2(C)O[C@]2(C)[C@H](O)O1. The highest BCUT2D eigenvalue weighted by Gasteiger charge is 2.78. The number of fused-ring (bicyclic) bond motifs is 5. The zero-order valence-electron chi connectivity index (χ0n) is 20.9. The number of aliphatic hydroxyl groups excluding tert-OH is 2. The van der Waals surface area contributed by atoms with Crippen molar-refractivity contribution < 1.29 is 29.2 Å². The molecule has 5 fully saturated rings. The summed E-state index contributed by atoms with van der Waals surface area (Å²) in [6.45, 7) is 10.6. The van der Waals surface area contributed by atoms with E-state index in [0.29, 0.717) is 0 Å². The minimum absolute atomic E-state index is 0.0658. The number of carbonyl (C=O) groups excluding carboxylic acids is 1. The highest BCUT2D eigenvalue weighted by Crippen LogP contribution is 2.72. The van der Waals surface area contributed by atoms with Crippen LogP contribution in [0.3, 0.4) is 0 Å². The van der Waals surface area contributed by atoms with Crippen LogP contribution in [-0.2, 0) is 19.0 Å². The molecule has 13 atom stereocenters. The van der Waals surface area contributed by atoms with Crippen LogP contribution in [0.5, 0.6) is 0 Å². The van der Waals surface area contributed by atoms with Crippen LogP contribution in [0.2, 0.25) is 0 Å². The van der Waals surface area contributed by atoms with Gasteiger partial charge in [-0.3, -0.25) is 4.79 Å². The molecule has 0 aromatic carbocycles. The molecule has 1 spiro atoms. The fourth-order valence-electron chi connectivity index (χ4n) is 9.70. The van der Waals surface area contributed by atoms with E-state index >= 15 is 0 Å². The first-order valence-corrected chi connectivity index (χ1v) is 13.2. The van der Waals surface area contributed by atoms with Gasteiger partial charge in [0, 0.05) is 18.3 Å². The average Bonchev–Trinajstić information content (AvgIpc) is 3.59. The Morgan fingerprint density at radius 1 is 1.18 bits per heavy atom. The Kier molecular flexibility index (Phi) is 4.08. The summed E-state index contributed by atoms with van der Waals surface area (Å²) in [6.07, 6.45) is 8.74. The molecule has 3 heterocycles. The fourth-order valence-corrected chi connectivity index (χ4v) is 9.70. The number of ketones is 1. The van der Waals surface area contributed by atoms with E-state index < -0.39 is 23.4 Å². The summed E-state index contributed by atoms with van der Waals surface area (Å²) >= 11 is 0. The quantitative estimate of drug-likeness (QED) is 0.475. The molecular formula is C28H38O6. The van der Waals surface area contributed by atoms with E-state index in [4.69, 9.17) is 14.2 Å². The molecule has 2 N–H and O–H groups in total. The molecule has 7 aliphatic rings.